The van der Waals surface area contributed by atoms with E-state index in [1.165, 1.54) is 271 Å². The summed E-state index contributed by atoms with van der Waals surface area (Å²) < 4.78 is 39.1. The first-order chi connectivity index (χ1) is 62.8. The summed E-state index contributed by atoms with van der Waals surface area (Å²) in [4.78, 5) is 91.2. The van der Waals surface area contributed by atoms with Gasteiger partial charge in [0.1, 0.15) is 30.5 Å². The average molecular weight is 1710 g/mol. The van der Waals surface area contributed by atoms with Crippen LogP contribution < -0.4 is 0 Å². The van der Waals surface area contributed by atoms with Gasteiger partial charge in [-0.25, -0.2) is 0 Å². The number of esters is 5. The topological polar surface area (TPSA) is 132 Å². The lowest BCUT2D eigenvalue weighted by Gasteiger charge is -2.59. The summed E-state index contributed by atoms with van der Waals surface area (Å²) in [6.07, 6.45) is 12.8. The summed E-state index contributed by atoms with van der Waals surface area (Å²) in [5.74, 6) is 2.37. The van der Waals surface area contributed by atoms with Crippen molar-refractivity contribution in [1.82, 2.24) is 0 Å². The van der Waals surface area contributed by atoms with Crippen LogP contribution in [0.5, 0.6) is 0 Å². The molecule has 5 fully saturated rings. The van der Waals surface area contributed by atoms with Gasteiger partial charge in [0.05, 0.1) is 53.8 Å². The summed E-state index contributed by atoms with van der Waals surface area (Å²) in [7, 11) is 0. The number of ether oxygens (including phenoxy) is 5. The molecule has 10 heteroatoms. The van der Waals surface area contributed by atoms with E-state index in [1.807, 2.05) is 0 Å². The molecular formula is C120H106O10. The van der Waals surface area contributed by atoms with Crippen molar-refractivity contribution < 1.29 is 47.7 Å². The lowest BCUT2D eigenvalue weighted by molar-refractivity contribution is -0.159. The minimum absolute atomic E-state index is 0.00599. The number of hydrogen-bond donors (Lipinski definition) is 0. The van der Waals surface area contributed by atoms with Crippen molar-refractivity contribution in [3.63, 3.8) is 0 Å². The maximum atomic E-state index is 18.2. The van der Waals surface area contributed by atoms with Crippen LogP contribution in [0.3, 0.4) is 0 Å². The molecule has 0 saturated heterocycles. The normalized spacial score (nSPS) is 34.4. The smallest absolute Gasteiger partial charge is 0.307 e. The summed E-state index contributed by atoms with van der Waals surface area (Å²) in [5.41, 5.74) is 10.2. The number of benzene rings is 15. The van der Waals surface area contributed by atoms with Gasteiger partial charge >= 0.3 is 29.8 Å². The van der Waals surface area contributed by atoms with Crippen molar-refractivity contribution in [2.45, 2.75) is 290 Å². The van der Waals surface area contributed by atoms with Gasteiger partial charge in [-0.1, -0.05) is 136 Å². The van der Waals surface area contributed by atoms with Crippen molar-refractivity contribution in [3.8, 4) is 0 Å². The Balaban J connectivity index is 0.788. The Hall–Kier alpha value is -9.67. The van der Waals surface area contributed by atoms with Crippen molar-refractivity contribution >= 4 is 245 Å². The van der Waals surface area contributed by atoms with E-state index < -0.39 is 33.0 Å². The van der Waals surface area contributed by atoms with Gasteiger partial charge in [-0.2, -0.15) is 0 Å². The monoisotopic (exact) mass is 1710 g/mol. The van der Waals surface area contributed by atoms with Crippen molar-refractivity contribution in [3.05, 3.63) is 77.9 Å². The maximum absolute atomic E-state index is 18.2. The van der Waals surface area contributed by atoms with E-state index in [9.17, 15) is 0 Å². The fourth-order valence-corrected chi connectivity index (χ4v) is 40.3. The molecule has 16 aliphatic rings. The first-order valence-corrected chi connectivity index (χ1v) is 52.0. The second kappa shape index (κ2) is 20.5. The third kappa shape index (κ3) is 6.25. The van der Waals surface area contributed by atoms with E-state index in [0.717, 1.165) is 119 Å². The van der Waals surface area contributed by atoms with Crippen LogP contribution in [0, 0.1) is 94.7 Å². The zero-order valence-corrected chi connectivity index (χ0v) is 77.3. The third-order valence-corrected chi connectivity index (χ3v) is 43.7. The van der Waals surface area contributed by atoms with E-state index >= 15 is 24.0 Å². The Morgan fingerprint density at radius 2 is 0.385 bits per heavy atom. The SMILES string of the molecule is CC(C)[C@@H]1CC[C@@H](C)C[C@H]1OC(=O)CC12C3=C4C5C6=C3C3(CC(=O)O[C@@H]7C[C@H](C)CC[C@H]7C(C)C)c7c1c1c8c2c2c9c%10c(c%11c%12c%13c(c%14c%15c%16c(c3c3c7c7c1c1c%17c8c9c8c9c%10c%12c%10c%12c%13c%15c%13c%15c%16c3c3c7c1c1c(c%178)c(c9%10)c(c%13%12)c1c3%15)C6%14CC(=O)O[C@@H]1C[C@H](C)CC[C@H]1C(C)C)C%115CC(=O)O[C@@H]1C[C@H](C)CC[C@H]1C(C)C)C42CC(=O)O[C@@H]1C[C@H](C)CC[C@H]1C(C)C. The van der Waals surface area contributed by atoms with Crippen LogP contribution in [0.25, 0.3) is 215 Å². The molecule has 0 amide bonds. The molecule has 21 aromatic rings. The molecule has 19 atom stereocenters. The Kier molecular flexibility index (Phi) is 11.2. The lowest BCUT2D eigenvalue weighted by Crippen LogP contribution is -2.58. The molecule has 21 aromatic carbocycles. The minimum atomic E-state index is -1.31. The quantitative estimate of drug-likeness (QED) is 0.0413. The number of rotatable bonds is 20. The zero-order chi connectivity index (χ0) is 86.4. The van der Waals surface area contributed by atoms with Crippen LogP contribution in [0.1, 0.15) is 288 Å². The van der Waals surface area contributed by atoms with Gasteiger partial charge in [-0.3, -0.25) is 24.0 Å². The van der Waals surface area contributed by atoms with Crippen LogP contribution in [0.15, 0.2) is 22.3 Å². The highest BCUT2D eigenvalue weighted by molar-refractivity contribution is 6.77. The number of allylic oxidation sites excluding steroid dienone is 4. The molecule has 16 aliphatic carbocycles. The second-order valence-electron chi connectivity index (χ2n) is 50.5. The molecule has 10 nitrogen and oxygen atoms in total. The van der Waals surface area contributed by atoms with Crippen molar-refractivity contribution in [2.24, 2.45) is 94.7 Å². The standard InChI is InChI=1S/C120H106O10/c1-36(2)46-21-16-41(11)26-51(46)126-56(121)31-116-101-91-81-71-66-61-62-64-65-63(61)68-75-73(66)83(81)93-95-85(75)87-77(68)79-70(65)80-78-69(64)76-74-67(62)72(71)82-84(74)94-96-86(76)88(78)98-100-90(80)89(79)99-97(87)107-105(95)117(103(93)101,32-57(122)127-52-27-42(12)17-22-47(52)37(3)4)112-111(116)113-115-114(112)119(107,34-59(124)129-54-29-44(14)19-24-49(54)39(7)8)109(99)110(100)120(115,35-60(125)130-55-30-45(15)20-25-50(55)40(9)10)108(98)106(96)118(113,104(94)102(116)92(82)91)33-58(123)128-53-28-43(13)18-23-48(53)38(5)6/h36-55,111H,16-35H2,1-15H3/t41-,42-,43-,44-,45-,46+,47+,48+,49+,50+,51-,52-,53-,54-,55-,111?,116?,117?,118?,119?,120?/m1/s1. The van der Waals surface area contributed by atoms with E-state index in [0.29, 0.717) is 29.6 Å². The van der Waals surface area contributed by atoms with Gasteiger partial charge in [0.25, 0.3) is 0 Å². The maximum Gasteiger partial charge on any atom is 0.307 e. The predicted octanol–water partition coefficient (Wildman–Crippen LogP) is 27.9. The van der Waals surface area contributed by atoms with Crippen LogP contribution >= 0.6 is 0 Å². The minimum Gasteiger partial charge on any atom is -0.462 e. The van der Waals surface area contributed by atoms with Crippen LogP contribution in [-0.4, -0.2) is 60.4 Å². The van der Waals surface area contributed by atoms with Crippen molar-refractivity contribution in [1.29, 1.82) is 0 Å². The summed E-state index contributed by atoms with van der Waals surface area (Å²) >= 11 is 0. The van der Waals surface area contributed by atoms with Gasteiger partial charge < -0.3 is 23.7 Å². The molecule has 5 saturated carbocycles. The zero-order valence-electron chi connectivity index (χ0n) is 77.3. The number of carbonyl (C=O) groups is 5. The molecule has 0 N–H and O–H groups in total. The number of hydrogen-bond acceptors (Lipinski definition) is 10. The second-order valence-corrected chi connectivity index (χ2v) is 50.5. The predicted molar refractivity (Wildman–Crippen MR) is 519 cm³/mol. The molecule has 0 spiro atoms. The summed E-state index contributed by atoms with van der Waals surface area (Å²) in [6.45, 7) is 35.3. The molecule has 130 heavy (non-hydrogen) atoms. The average Bonchev–Trinajstić information content (AvgIpc) is 1.37. The highest BCUT2D eigenvalue weighted by Gasteiger charge is 2.83. The number of carbonyl (C=O) groups excluding carboxylic acids is 5. The van der Waals surface area contributed by atoms with Gasteiger partial charge in [-0.15, -0.1) is 0 Å². The van der Waals surface area contributed by atoms with E-state index in [4.69, 9.17) is 23.7 Å². The van der Waals surface area contributed by atoms with Gasteiger partial charge in [0.15, 0.2) is 0 Å². The molecule has 0 aromatic heterocycles. The van der Waals surface area contributed by atoms with E-state index in [1.54, 1.807) is 0 Å². The highest BCUT2D eigenvalue weighted by atomic mass is 16.6. The third-order valence-electron chi connectivity index (χ3n) is 43.7. The van der Waals surface area contributed by atoms with Gasteiger partial charge in [0.2, 0.25) is 0 Å². The molecule has 0 aliphatic heterocycles. The lowest BCUT2D eigenvalue weighted by atomic mass is 9.41. The van der Waals surface area contributed by atoms with Gasteiger partial charge in [-0.05, 0) is 446 Å². The molecule has 0 heterocycles. The molecule has 0 radical (unpaired) electrons. The van der Waals surface area contributed by atoms with Gasteiger partial charge in [0, 0.05) is 11.3 Å². The fraction of sp³-hybridized carbons (Fsp3) is 0.508. The summed E-state index contributed by atoms with van der Waals surface area (Å²) in [5, 5.41) is 54.2. The largest absolute Gasteiger partial charge is 0.462 e. The molecule has 37 rings (SSSR count). The fourth-order valence-electron chi connectivity index (χ4n) is 40.3. The Labute approximate surface area is 750 Å². The van der Waals surface area contributed by atoms with E-state index in [-0.39, 0.29) is 152 Å². The molecule has 646 valence electrons. The molecular weight excluding hydrogens is 1600 g/mol. The van der Waals surface area contributed by atoms with E-state index in [2.05, 4.69) is 104 Å². The Morgan fingerprint density at radius 1 is 0.223 bits per heavy atom. The first kappa shape index (κ1) is 71.0. The molecule has 0 bridgehead atoms. The Bertz CT molecular complexity index is 8550. The van der Waals surface area contributed by atoms with Crippen LogP contribution in [0.2, 0.25) is 0 Å². The van der Waals surface area contributed by atoms with Crippen molar-refractivity contribution in [2.75, 3.05) is 0 Å². The Morgan fingerprint density at radius 3 is 0.585 bits per heavy atom. The summed E-state index contributed by atoms with van der Waals surface area (Å²) in [6, 6.07) is 0. The first-order valence-electron chi connectivity index (χ1n) is 52.0. The highest BCUT2D eigenvalue weighted by Crippen LogP contribution is 2.93. The van der Waals surface area contributed by atoms with Crippen LogP contribution in [0.4, 0.5) is 0 Å². The van der Waals surface area contributed by atoms with Crippen LogP contribution in [-0.2, 0) is 74.7 Å². The molecule has 4 unspecified atom stereocenters.